The van der Waals surface area contributed by atoms with Crippen LogP contribution in [0.3, 0.4) is 0 Å². The minimum absolute atomic E-state index is 0.0762. The summed E-state index contributed by atoms with van der Waals surface area (Å²) in [5.41, 5.74) is 0. The van der Waals surface area contributed by atoms with Crippen molar-refractivity contribution in [3.63, 3.8) is 0 Å². The lowest BCUT2D eigenvalue weighted by atomic mass is 10.2. The molecule has 1 aliphatic heterocycles. The van der Waals surface area contributed by atoms with Crippen LogP contribution in [0.1, 0.15) is 12.8 Å². The van der Waals surface area contributed by atoms with Crippen LogP contribution in [0.4, 0.5) is 0 Å². The van der Waals surface area contributed by atoms with Crippen LogP contribution < -0.4 is 5.32 Å². The Morgan fingerprint density at radius 3 is 3.00 bits per heavy atom. The van der Waals surface area contributed by atoms with E-state index >= 15 is 0 Å². The molecule has 1 heterocycles. The summed E-state index contributed by atoms with van der Waals surface area (Å²) in [5.74, 6) is -0.533. The van der Waals surface area contributed by atoms with Gasteiger partial charge in [0.2, 0.25) is 0 Å². The van der Waals surface area contributed by atoms with Crippen molar-refractivity contribution in [2.24, 2.45) is 0 Å². The SMILES string of the molecule is O=COOC(=O)C1CCCN1. The van der Waals surface area contributed by atoms with E-state index in [1.807, 2.05) is 0 Å². The van der Waals surface area contributed by atoms with Crippen LogP contribution in [0.2, 0.25) is 0 Å². The Labute approximate surface area is 63.6 Å². The van der Waals surface area contributed by atoms with Gasteiger partial charge < -0.3 is 5.32 Å². The molecule has 0 bridgehead atoms. The van der Waals surface area contributed by atoms with Gasteiger partial charge in [-0.15, -0.1) is 0 Å². The summed E-state index contributed by atoms with van der Waals surface area (Å²) >= 11 is 0. The van der Waals surface area contributed by atoms with E-state index in [4.69, 9.17) is 0 Å². The molecule has 0 amide bonds. The van der Waals surface area contributed by atoms with Gasteiger partial charge in [0.05, 0.1) is 0 Å². The molecule has 1 aliphatic rings. The third kappa shape index (κ3) is 2.19. The number of carbonyl (C=O) groups is 2. The predicted molar refractivity (Wildman–Crippen MR) is 34.3 cm³/mol. The zero-order valence-corrected chi connectivity index (χ0v) is 5.91. The van der Waals surface area contributed by atoms with Crippen molar-refractivity contribution in [2.45, 2.75) is 18.9 Å². The summed E-state index contributed by atoms with van der Waals surface area (Å²) in [5, 5.41) is 2.89. The Balaban J connectivity index is 2.22. The molecule has 0 saturated carbocycles. The van der Waals surface area contributed by atoms with Crippen molar-refractivity contribution >= 4 is 12.4 Å². The smallest absolute Gasteiger partial charge is 0.304 e. The summed E-state index contributed by atoms with van der Waals surface area (Å²) in [6, 6.07) is -0.310. The summed E-state index contributed by atoms with van der Waals surface area (Å²) in [7, 11) is 0. The normalized spacial score (nSPS) is 22.7. The van der Waals surface area contributed by atoms with Crippen molar-refractivity contribution in [3.05, 3.63) is 0 Å². The van der Waals surface area contributed by atoms with Gasteiger partial charge in [0.15, 0.2) is 0 Å². The molecule has 1 rings (SSSR count). The lowest BCUT2D eigenvalue weighted by Gasteiger charge is -2.04. The molecule has 0 spiro atoms. The fourth-order valence-corrected chi connectivity index (χ4v) is 1.01. The first kappa shape index (κ1) is 8.00. The van der Waals surface area contributed by atoms with Gasteiger partial charge in [-0.05, 0) is 19.4 Å². The molecule has 0 aromatic carbocycles. The van der Waals surface area contributed by atoms with E-state index in [1.165, 1.54) is 0 Å². The molecule has 0 radical (unpaired) electrons. The highest BCUT2D eigenvalue weighted by atomic mass is 17.2. The highest BCUT2D eigenvalue weighted by Crippen LogP contribution is 2.05. The van der Waals surface area contributed by atoms with E-state index in [0.29, 0.717) is 0 Å². The Kier molecular flexibility index (Phi) is 2.85. The number of nitrogens with one attached hydrogen (secondary N) is 1. The second-order valence-electron chi connectivity index (χ2n) is 2.24. The van der Waals surface area contributed by atoms with Crippen LogP contribution in [0, 0.1) is 0 Å². The zero-order chi connectivity index (χ0) is 8.10. The molecule has 1 fully saturated rings. The van der Waals surface area contributed by atoms with E-state index in [1.54, 1.807) is 0 Å². The Morgan fingerprint density at radius 2 is 2.45 bits per heavy atom. The van der Waals surface area contributed by atoms with Gasteiger partial charge >= 0.3 is 12.4 Å². The van der Waals surface area contributed by atoms with E-state index < -0.39 is 5.97 Å². The lowest BCUT2D eigenvalue weighted by Crippen LogP contribution is -2.32. The average molecular weight is 159 g/mol. The average Bonchev–Trinajstić information content (AvgIpc) is 2.52. The summed E-state index contributed by atoms with van der Waals surface area (Å²) in [6.45, 7) is 0.883. The molecular formula is C6H9NO4. The first-order chi connectivity index (χ1) is 5.34. The molecule has 0 aliphatic carbocycles. The molecule has 5 heteroatoms. The van der Waals surface area contributed by atoms with Crippen molar-refractivity contribution < 1.29 is 19.4 Å². The third-order valence-corrected chi connectivity index (χ3v) is 1.51. The Morgan fingerprint density at radius 1 is 1.64 bits per heavy atom. The minimum Gasteiger partial charge on any atom is -0.304 e. The molecule has 1 N–H and O–H groups in total. The largest absolute Gasteiger partial charge is 0.372 e. The first-order valence-electron chi connectivity index (χ1n) is 3.39. The van der Waals surface area contributed by atoms with Gasteiger partial charge in [0.1, 0.15) is 6.04 Å². The highest BCUT2D eigenvalue weighted by Gasteiger charge is 2.24. The maximum absolute atomic E-state index is 10.8. The molecule has 1 saturated heterocycles. The number of hydrogen-bond donors (Lipinski definition) is 1. The number of rotatable bonds is 3. The Bertz CT molecular complexity index is 153. The van der Waals surface area contributed by atoms with Crippen LogP contribution in [0.25, 0.3) is 0 Å². The third-order valence-electron chi connectivity index (χ3n) is 1.51. The summed E-state index contributed by atoms with van der Waals surface area (Å²) in [6.07, 6.45) is 1.68. The topological polar surface area (TPSA) is 64.6 Å². The van der Waals surface area contributed by atoms with Crippen LogP contribution in [0.15, 0.2) is 0 Å². The molecule has 1 atom stereocenters. The quantitative estimate of drug-likeness (QED) is 0.337. The van der Waals surface area contributed by atoms with Gasteiger partial charge in [-0.2, -0.15) is 0 Å². The van der Waals surface area contributed by atoms with Crippen LogP contribution in [-0.4, -0.2) is 25.0 Å². The van der Waals surface area contributed by atoms with Crippen LogP contribution >= 0.6 is 0 Å². The molecule has 5 nitrogen and oxygen atoms in total. The van der Waals surface area contributed by atoms with Gasteiger partial charge in [-0.1, -0.05) is 0 Å². The predicted octanol–water partition coefficient (Wildman–Crippen LogP) is -0.630. The molecule has 0 aromatic heterocycles. The second kappa shape index (κ2) is 3.92. The molecule has 11 heavy (non-hydrogen) atoms. The van der Waals surface area contributed by atoms with Gasteiger partial charge in [-0.3, -0.25) is 9.68 Å². The molecule has 1 unspecified atom stereocenters. The van der Waals surface area contributed by atoms with E-state index in [9.17, 15) is 9.59 Å². The maximum atomic E-state index is 10.8. The summed E-state index contributed by atoms with van der Waals surface area (Å²) < 4.78 is 0. The van der Waals surface area contributed by atoms with Gasteiger partial charge in [0.25, 0.3) is 0 Å². The lowest BCUT2D eigenvalue weighted by molar-refractivity contribution is -0.249. The van der Waals surface area contributed by atoms with E-state index in [2.05, 4.69) is 15.1 Å². The fraction of sp³-hybridized carbons (Fsp3) is 0.667. The van der Waals surface area contributed by atoms with Gasteiger partial charge in [-0.25, -0.2) is 9.68 Å². The first-order valence-corrected chi connectivity index (χ1v) is 3.39. The monoisotopic (exact) mass is 159 g/mol. The number of hydrogen-bond acceptors (Lipinski definition) is 5. The van der Waals surface area contributed by atoms with Gasteiger partial charge in [0, 0.05) is 0 Å². The molecule has 0 aromatic rings. The standard InChI is InChI=1S/C6H9NO4/c8-4-10-11-6(9)5-2-1-3-7-5/h4-5,7H,1-3H2. The van der Waals surface area contributed by atoms with Crippen molar-refractivity contribution in [1.29, 1.82) is 0 Å². The van der Waals surface area contributed by atoms with Crippen LogP contribution in [-0.2, 0) is 19.4 Å². The second-order valence-corrected chi connectivity index (χ2v) is 2.24. The minimum atomic E-state index is -0.533. The maximum Gasteiger partial charge on any atom is 0.372 e. The van der Waals surface area contributed by atoms with E-state index in [-0.39, 0.29) is 12.5 Å². The number of carbonyl (C=O) groups excluding carboxylic acids is 2. The van der Waals surface area contributed by atoms with Crippen molar-refractivity contribution in [3.8, 4) is 0 Å². The fourth-order valence-electron chi connectivity index (χ4n) is 1.01. The van der Waals surface area contributed by atoms with Crippen molar-refractivity contribution in [2.75, 3.05) is 6.54 Å². The summed E-state index contributed by atoms with van der Waals surface area (Å²) in [4.78, 5) is 28.4. The highest BCUT2D eigenvalue weighted by molar-refractivity contribution is 5.75. The van der Waals surface area contributed by atoms with Crippen LogP contribution in [0.5, 0.6) is 0 Å². The van der Waals surface area contributed by atoms with Crippen molar-refractivity contribution in [1.82, 2.24) is 5.32 Å². The molecular weight excluding hydrogens is 150 g/mol. The zero-order valence-electron chi connectivity index (χ0n) is 5.91. The van der Waals surface area contributed by atoms with E-state index in [0.717, 1.165) is 19.4 Å². The molecule has 62 valence electrons. The Hall–Kier alpha value is -1.10.